The highest BCUT2D eigenvalue weighted by atomic mass is 32.2. The molecule has 0 radical (unpaired) electrons. The number of thiazole rings is 1. The number of rotatable bonds is 4. The van der Waals surface area contributed by atoms with E-state index < -0.39 is 32.4 Å². The second-order valence-electron chi connectivity index (χ2n) is 3.45. The summed E-state index contributed by atoms with van der Waals surface area (Å²) in [4.78, 5) is 2.89. The van der Waals surface area contributed by atoms with Crippen LogP contribution in [0.4, 0.5) is 13.2 Å². The molecule has 1 N–H and O–H groups in total. The highest BCUT2D eigenvalue weighted by Crippen LogP contribution is 2.18. The van der Waals surface area contributed by atoms with Gasteiger partial charge in [0.1, 0.15) is 15.7 Å². The first-order valence-electron chi connectivity index (χ1n) is 4.93. The molecule has 0 saturated heterocycles. The van der Waals surface area contributed by atoms with Gasteiger partial charge in [-0.2, -0.15) is 0 Å². The molecule has 0 aliphatic heterocycles. The van der Waals surface area contributed by atoms with Crippen LogP contribution >= 0.6 is 11.3 Å². The fourth-order valence-electron chi connectivity index (χ4n) is 1.29. The zero-order chi connectivity index (χ0) is 14.0. The molecule has 0 aliphatic rings. The minimum atomic E-state index is -4.27. The molecule has 0 unspecified atom stereocenters. The van der Waals surface area contributed by atoms with Crippen molar-refractivity contribution in [3.05, 3.63) is 46.2 Å². The largest absolute Gasteiger partial charge is 0.248 e. The van der Waals surface area contributed by atoms with Crippen LogP contribution in [0.15, 0.2) is 28.6 Å². The molecule has 102 valence electrons. The molecule has 0 saturated carbocycles. The van der Waals surface area contributed by atoms with Gasteiger partial charge in [-0.05, 0) is 6.07 Å². The van der Waals surface area contributed by atoms with E-state index in [9.17, 15) is 21.6 Å². The van der Waals surface area contributed by atoms with Gasteiger partial charge in [-0.1, -0.05) is 0 Å². The number of hydrogen-bond acceptors (Lipinski definition) is 4. The van der Waals surface area contributed by atoms with Crippen molar-refractivity contribution in [3.63, 3.8) is 0 Å². The zero-order valence-electron chi connectivity index (χ0n) is 9.23. The Morgan fingerprint density at radius 2 is 1.84 bits per heavy atom. The Kier molecular flexibility index (Phi) is 3.88. The van der Waals surface area contributed by atoms with E-state index in [-0.39, 0.29) is 12.6 Å². The molecule has 9 heteroatoms. The number of nitrogens with one attached hydrogen (secondary N) is 1. The summed E-state index contributed by atoms with van der Waals surface area (Å²) in [5.74, 6) is -4.24. The summed E-state index contributed by atoms with van der Waals surface area (Å²) in [5, 5.41) is 2.11. The molecule has 0 atom stereocenters. The summed E-state index contributed by atoms with van der Waals surface area (Å²) in [6.45, 7) is -0.154. The molecular formula is C10H7F3N2O2S2. The van der Waals surface area contributed by atoms with E-state index in [2.05, 4.69) is 9.71 Å². The molecule has 0 amide bonds. The number of benzene rings is 1. The first-order valence-corrected chi connectivity index (χ1v) is 7.29. The lowest BCUT2D eigenvalue weighted by Crippen LogP contribution is -2.24. The maximum atomic E-state index is 13.4. The highest BCUT2D eigenvalue weighted by Gasteiger charge is 2.22. The topological polar surface area (TPSA) is 59.1 Å². The zero-order valence-corrected chi connectivity index (χ0v) is 10.9. The van der Waals surface area contributed by atoms with Gasteiger partial charge in [0.2, 0.25) is 10.0 Å². The normalized spacial score (nSPS) is 11.7. The van der Waals surface area contributed by atoms with Crippen LogP contribution in [-0.2, 0) is 16.6 Å². The van der Waals surface area contributed by atoms with E-state index >= 15 is 0 Å². The molecule has 2 rings (SSSR count). The van der Waals surface area contributed by atoms with Crippen LogP contribution in [0.1, 0.15) is 5.01 Å². The maximum absolute atomic E-state index is 13.4. The van der Waals surface area contributed by atoms with Crippen molar-refractivity contribution < 1.29 is 21.6 Å². The number of aromatic nitrogens is 1. The Labute approximate surface area is 111 Å². The van der Waals surface area contributed by atoms with E-state index in [0.29, 0.717) is 11.1 Å². The number of nitrogens with zero attached hydrogens (tertiary/aromatic N) is 1. The van der Waals surface area contributed by atoms with Gasteiger partial charge in [-0.15, -0.1) is 11.3 Å². The molecule has 0 aliphatic carbocycles. The van der Waals surface area contributed by atoms with E-state index in [1.807, 2.05) is 0 Å². The molecule has 4 nitrogen and oxygen atoms in total. The van der Waals surface area contributed by atoms with Crippen LogP contribution in [-0.4, -0.2) is 13.4 Å². The number of hydrogen-bond donors (Lipinski definition) is 1. The molecule has 0 fully saturated rings. The van der Waals surface area contributed by atoms with Crippen molar-refractivity contribution in [2.24, 2.45) is 0 Å². The SMILES string of the molecule is O=S(=O)(NCc1nccs1)c1cc(F)c(F)cc1F. The third kappa shape index (κ3) is 3.11. The Morgan fingerprint density at radius 1 is 1.16 bits per heavy atom. The van der Waals surface area contributed by atoms with Gasteiger partial charge in [-0.3, -0.25) is 0 Å². The average molecular weight is 308 g/mol. The van der Waals surface area contributed by atoms with Crippen molar-refractivity contribution in [1.82, 2.24) is 9.71 Å². The van der Waals surface area contributed by atoms with Crippen molar-refractivity contribution >= 4 is 21.4 Å². The number of halogens is 3. The van der Waals surface area contributed by atoms with Gasteiger partial charge < -0.3 is 0 Å². The van der Waals surface area contributed by atoms with Crippen molar-refractivity contribution in [1.29, 1.82) is 0 Å². The predicted octanol–water partition coefficient (Wildman–Crippen LogP) is 2.04. The van der Waals surface area contributed by atoms with E-state index in [1.165, 1.54) is 17.5 Å². The average Bonchev–Trinajstić information content (AvgIpc) is 2.84. The van der Waals surface area contributed by atoms with Gasteiger partial charge >= 0.3 is 0 Å². The lowest BCUT2D eigenvalue weighted by molar-refractivity contribution is 0.481. The highest BCUT2D eigenvalue weighted by molar-refractivity contribution is 7.89. The van der Waals surface area contributed by atoms with Crippen LogP contribution in [0.3, 0.4) is 0 Å². The predicted molar refractivity (Wildman–Crippen MR) is 62.5 cm³/mol. The maximum Gasteiger partial charge on any atom is 0.243 e. The third-order valence-electron chi connectivity index (χ3n) is 2.16. The van der Waals surface area contributed by atoms with E-state index in [1.54, 1.807) is 5.38 Å². The van der Waals surface area contributed by atoms with Gasteiger partial charge in [0.05, 0.1) is 6.54 Å². The Hall–Kier alpha value is -1.45. The Bertz CT molecular complexity index is 687. The minimum absolute atomic E-state index is 0.154. The van der Waals surface area contributed by atoms with Gasteiger partial charge in [0.25, 0.3) is 0 Å². The van der Waals surface area contributed by atoms with E-state index in [4.69, 9.17) is 0 Å². The Balaban J connectivity index is 2.27. The monoisotopic (exact) mass is 308 g/mol. The summed E-state index contributed by atoms with van der Waals surface area (Å²) in [7, 11) is -4.27. The molecule has 19 heavy (non-hydrogen) atoms. The van der Waals surface area contributed by atoms with Crippen LogP contribution in [0.5, 0.6) is 0 Å². The fraction of sp³-hybridized carbons (Fsp3) is 0.100. The van der Waals surface area contributed by atoms with Gasteiger partial charge in [0, 0.05) is 17.6 Å². The standard InChI is InChI=1S/C10H7F3N2O2S2/c11-6-3-8(13)9(4-7(6)12)19(16,17)15-5-10-14-1-2-18-10/h1-4,15H,5H2. The second-order valence-corrected chi connectivity index (χ2v) is 6.16. The van der Waals surface area contributed by atoms with Crippen molar-refractivity contribution in [2.45, 2.75) is 11.4 Å². The molecule has 1 aromatic heterocycles. The van der Waals surface area contributed by atoms with Crippen molar-refractivity contribution in [3.8, 4) is 0 Å². The van der Waals surface area contributed by atoms with Gasteiger partial charge in [-0.25, -0.2) is 31.3 Å². The fourth-order valence-corrected chi connectivity index (χ4v) is 2.99. The first-order chi connectivity index (χ1) is 8.90. The quantitative estimate of drug-likeness (QED) is 0.879. The van der Waals surface area contributed by atoms with E-state index in [0.717, 1.165) is 0 Å². The summed E-state index contributed by atoms with van der Waals surface area (Å²) < 4.78 is 64.6. The van der Waals surface area contributed by atoms with Crippen LogP contribution < -0.4 is 4.72 Å². The molecule has 0 bridgehead atoms. The second kappa shape index (κ2) is 5.27. The number of sulfonamides is 1. The van der Waals surface area contributed by atoms with Crippen LogP contribution in [0, 0.1) is 17.5 Å². The molecule has 2 aromatic rings. The third-order valence-corrected chi connectivity index (χ3v) is 4.36. The van der Waals surface area contributed by atoms with Crippen molar-refractivity contribution in [2.75, 3.05) is 0 Å². The first kappa shape index (κ1) is 14.0. The Morgan fingerprint density at radius 3 is 2.47 bits per heavy atom. The lowest BCUT2D eigenvalue weighted by atomic mass is 10.3. The molecule has 1 heterocycles. The summed E-state index contributed by atoms with van der Waals surface area (Å²) in [6, 6.07) is 0.488. The summed E-state index contributed by atoms with van der Waals surface area (Å²) in [6.07, 6.45) is 1.48. The molecule has 1 aromatic carbocycles. The molecule has 0 spiro atoms. The van der Waals surface area contributed by atoms with Crippen LogP contribution in [0.2, 0.25) is 0 Å². The summed E-state index contributed by atoms with van der Waals surface area (Å²) in [5.41, 5.74) is 0. The minimum Gasteiger partial charge on any atom is -0.248 e. The van der Waals surface area contributed by atoms with Gasteiger partial charge in [0.15, 0.2) is 11.6 Å². The van der Waals surface area contributed by atoms with Crippen LogP contribution in [0.25, 0.3) is 0 Å². The lowest BCUT2D eigenvalue weighted by Gasteiger charge is -2.06. The smallest absolute Gasteiger partial charge is 0.243 e. The molecular weight excluding hydrogens is 301 g/mol. The summed E-state index contributed by atoms with van der Waals surface area (Å²) >= 11 is 1.20.